The highest BCUT2D eigenvalue weighted by molar-refractivity contribution is 6.18. The van der Waals surface area contributed by atoms with Crippen LogP contribution in [0.1, 0.15) is 18.9 Å². The summed E-state index contributed by atoms with van der Waals surface area (Å²) in [6, 6.07) is 7.60. The molecule has 16 heavy (non-hydrogen) atoms. The van der Waals surface area contributed by atoms with Gasteiger partial charge in [-0.15, -0.1) is 11.6 Å². The molecule has 0 fully saturated rings. The number of alkyl halides is 1. The lowest BCUT2D eigenvalue weighted by Gasteiger charge is -2.05. The molecule has 0 amide bonds. The molecule has 0 aliphatic heterocycles. The van der Waals surface area contributed by atoms with Gasteiger partial charge >= 0.3 is 0 Å². The van der Waals surface area contributed by atoms with Crippen molar-refractivity contribution >= 4 is 11.6 Å². The third-order valence-corrected chi connectivity index (χ3v) is 2.01. The highest BCUT2D eigenvalue weighted by Gasteiger charge is 1.92. The summed E-state index contributed by atoms with van der Waals surface area (Å²) in [4.78, 5) is 0. The van der Waals surface area contributed by atoms with E-state index in [1.165, 1.54) is 0 Å². The van der Waals surface area contributed by atoms with Crippen LogP contribution in [0, 0.1) is 11.8 Å². The molecule has 2 nitrogen and oxygen atoms in total. The normalized spacial score (nSPS) is 9.38. The number of ether oxygens (including phenoxy) is 2. The van der Waals surface area contributed by atoms with Crippen molar-refractivity contribution in [3.63, 3.8) is 0 Å². The van der Waals surface area contributed by atoms with Gasteiger partial charge in [-0.3, -0.25) is 0 Å². The lowest BCUT2D eigenvalue weighted by molar-refractivity contribution is 0.0224. The molecular weight excluding hydrogens is 224 g/mol. The van der Waals surface area contributed by atoms with Crippen molar-refractivity contribution in [2.45, 2.75) is 13.3 Å². The lowest BCUT2D eigenvalue weighted by atomic mass is 10.2. The van der Waals surface area contributed by atoms with Crippen LogP contribution in [0.5, 0.6) is 5.75 Å². The van der Waals surface area contributed by atoms with Gasteiger partial charge in [0.25, 0.3) is 0 Å². The number of hydrogen-bond acceptors (Lipinski definition) is 2. The molecule has 86 valence electrons. The molecule has 1 aromatic carbocycles. The average molecular weight is 239 g/mol. The standard InChI is InChI=1S/C13H15ClO2/c1-2-15-11-16-13-8-6-12(7-9-13)5-3-4-10-14/h6-9H,2,4,10-11H2,1H3. The zero-order valence-electron chi connectivity index (χ0n) is 9.33. The van der Waals surface area contributed by atoms with Gasteiger partial charge in [-0.2, -0.15) is 0 Å². The molecule has 0 N–H and O–H groups in total. The van der Waals surface area contributed by atoms with Crippen LogP contribution in [0.15, 0.2) is 24.3 Å². The largest absolute Gasteiger partial charge is 0.468 e. The van der Waals surface area contributed by atoms with Crippen LogP contribution in [0.3, 0.4) is 0 Å². The Hall–Kier alpha value is -1.17. The Morgan fingerprint density at radius 2 is 2.00 bits per heavy atom. The summed E-state index contributed by atoms with van der Waals surface area (Å²) in [6.07, 6.45) is 0.712. The Bertz CT molecular complexity index is 348. The first-order chi connectivity index (χ1) is 7.86. The van der Waals surface area contributed by atoms with Crippen LogP contribution >= 0.6 is 11.6 Å². The van der Waals surface area contributed by atoms with E-state index in [-0.39, 0.29) is 6.79 Å². The molecule has 0 saturated carbocycles. The lowest BCUT2D eigenvalue weighted by Crippen LogP contribution is -2.01. The van der Waals surface area contributed by atoms with Gasteiger partial charge in [0.05, 0.1) is 0 Å². The van der Waals surface area contributed by atoms with Gasteiger partial charge in [0.15, 0.2) is 6.79 Å². The molecule has 1 aromatic rings. The Kier molecular flexibility index (Phi) is 6.48. The van der Waals surface area contributed by atoms with Crippen LogP contribution in [0.2, 0.25) is 0 Å². The Morgan fingerprint density at radius 1 is 1.25 bits per heavy atom. The van der Waals surface area contributed by atoms with E-state index in [1.54, 1.807) is 0 Å². The molecule has 1 rings (SSSR count). The summed E-state index contributed by atoms with van der Waals surface area (Å²) in [5, 5.41) is 0. The minimum atomic E-state index is 0.285. The van der Waals surface area contributed by atoms with Gasteiger partial charge in [-0.25, -0.2) is 0 Å². The van der Waals surface area contributed by atoms with E-state index in [1.807, 2.05) is 31.2 Å². The fourth-order valence-electron chi connectivity index (χ4n) is 1.04. The van der Waals surface area contributed by atoms with Gasteiger partial charge < -0.3 is 9.47 Å². The molecule has 0 heterocycles. The van der Waals surface area contributed by atoms with E-state index >= 15 is 0 Å². The maximum atomic E-state index is 5.53. The Balaban J connectivity index is 2.45. The summed E-state index contributed by atoms with van der Waals surface area (Å²) < 4.78 is 10.4. The molecular formula is C13H15ClO2. The Labute approximate surface area is 102 Å². The molecule has 0 unspecified atom stereocenters. The van der Waals surface area contributed by atoms with Gasteiger partial charge in [-0.1, -0.05) is 11.8 Å². The summed E-state index contributed by atoms with van der Waals surface area (Å²) in [6.45, 7) is 2.87. The molecule has 0 aliphatic carbocycles. The van der Waals surface area contributed by atoms with E-state index in [0.717, 1.165) is 11.3 Å². The van der Waals surface area contributed by atoms with Gasteiger partial charge in [-0.05, 0) is 31.2 Å². The third kappa shape index (κ3) is 5.06. The average Bonchev–Trinajstić information content (AvgIpc) is 2.32. The van der Waals surface area contributed by atoms with Gasteiger partial charge in [0.2, 0.25) is 0 Å². The first-order valence-corrected chi connectivity index (χ1v) is 5.75. The van der Waals surface area contributed by atoms with Crippen molar-refractivity contribution in [2.24, 2.45) is 0 Å². The summed E-state index contributed by atoms with van der Waals surface area (Å²) in [7, 11) is 0. The SMILES string of the molecule is CCOCOc1ccc(C#CCCCl)cc1. The number of rotatable bonds is 5. The molecule has 0 bridgehead atoms. The van der Waals surface area contributed by atoms with Gasteiger partial charge in [0.1, 0.15) is 5.75 Å². The van der Waals surface area contributed by atoms with E-state index in [9.17, 15) is 0 Å². The second-order valence-corrected chi connectivity index (χ2v) is 3.40. The van der Waals surface area contributed by atoms with E-state index in [2.05, 4.69) is 11.8 Å². The number of hydrogen-bond donors (Lipinski definition) is 0. The summed E-state index contributed by atoms with van der Waals surface area (Å²) in [5.74, 6) is 7.35. The molecule has 3 heteroatoms. The molecule has 0 radical (unpaired) electrons. The van der Waals surface area contributed by atoms with Crippen molar-refractivity contribution < 1.29 is 9.47 Å². The van der Waals surface area contributed by atoms with Crippen LogP contribution in [-0.4, -0.2) is 19.3 Å². The van der Waals surface area contributed by atoms with Crippen molar-refractivity contribution in [1.29, 1.82) is 0 Å². The van der Waals surface area contributed by atoms with Crippen LogP contribution < -0.4 is 4.74 Å². The Morgan fingerprint density at radius 3 is 2.62 bits per heavy atom. The van der Waals surface area contributed by atoms with E-state index < -0.39 is 0 Å². The fourth-order valence-corrected chi connectivity index (χ4v) is 1.13. The summed E-state index contributed by atoms with van der Waals surface area (Å²) >= 11 is 5.53. The highest BCUT2D eigenvalue weighted by atomic mass is 35.5. The topological polar surface area (TPSA) is 18.5 Å². The van der Waals surface area contributed by atoms with Crippen LogP contribution in [-0.2, 0) is 4.74 Å². The number of halogens is 1. The molecule has 0 spiro atoms. The van der Waals surface area contributed by atoms with Crippen LogP contribution in [0.4, 0.5) is 0 Å². The third-order valence-electron chi connectivity index (χ3n) is 1.82. The zero-order valence-corrected chi connectivity index (χ0v) is 10.1. The molecule has 0 aliphatic rings. The summed E-state index contributed by atoms with van der Waals surface area (Å²) in [5.41, 5.74) is 0.967. The molecule has 0 aromatic heterocycles. The fraction of sp³-hybridized carbons (Fsp3) is 0.385. The smallest absolute Gasteiger partial charge is 0.189 e. The van der Waals surface area contributed by atoms with E-state index in [4.69, 9.17) is 21.1 Å². The predicted octanol–water partition coefficient (Wildman–Crippen LogP) is 3.04. The number of benzene rings is 1. The van der Waals surface area contributed by atoms with Gasteiger partial charge in [0, 0.05) is 24.5 Å². The van der Waals surface area contributed by atoms with Crippen molar-refractivity contribution in [2.75, 3.05) is 19.3 Å². The van der Waals surface area contributed by atoms with Crippen LogP contribution in [0.25, 0.3) is 0 Å². The first-order valence-electron chi connectivity index (χ1n) is 5.22. The molecule has 0 saturated heterocycles. The minimum Gasteiger partial charge on any atom is -0.468 e. The zero-order chi connectivity index (χ0) is 11.6. The second-order valence-electron chi connectivity index (χ2n) is 3.02. The van der Waals surface area contributed by atoms with Crippen molar-refractivity contribution in [3.8, 4) is 17.6 Å². The molecule has 0 atom stereocenters. The maximum Gasteiger partial charge on any atom is 0.189 e. The van der Waals surface area contributed by atoms with Crippen molar-refractivity contribution in [3.05, 3.63) is 29.8 Å². The minimum absolute atomic E-state index is 0.285. The maximum absolute atomic E-state index is 5.53. The monoisotopic (exact) mass is 238 g/mol. The quantitative estimate of drug-likeness (QED) is 0.340. The van der Waals surface area contributed by atoms with E-state index in [0.29, 0.717) is 18.9 Å². The predicted molar refractivity (Wildman–Crippen MR) is 65.8 cm³/mol. The highest BCUT2D eigenvalue weighted by Crippen LogP contribution is 2.11. The van der Waals surface area contributed by atoms with Crippen molar-refractivity contribution in [1.82, 2.24) is 0 Å². The second kappa shape index (κ2) is 8.04. The first kappa shape index (κ1) is 12.9.